The lowest BCUT2D eigenvalue weighted by molar-refractivity contribution is -0.371. The normalized spacial score (nSPS) is 42.8. The van der Waals surface area contributed by atoms with Gasteiger partial charge in [-0.25, -0.2) is 0 Å². The molecule has 4 aliphatic heterocycles. The van der Waals surface area contributed by atoms with Gasteiger partial charge in [0.2, 0.25) is 0 Å². The summed E-state index contributed by atoms with van der Waals surface area (Å²) < 4.78 is 59.4. The molecule has 0 radical (unpaired) electrons. The first-order valence-electron chi connectivity index (χ1n) is 15.3. The Labute approximate surface area is 278 Å². The maximum absolute atomic E-state index is 11.9. The van der Waals surface area contributed by atoms with E-state index < -0.39 is 142 Å². The molecule has 21 heteroatoms. The molecule has 0 spiro atoms. The number of esters is 4. The van der Waals surface area contributed by atoms with E-state index >= 15 is 0 Å². The Morgan fingerprint density at radius 2 is 0.898 bits per heavy atom. The lowest BCUT2D eigenvalue weighted by atomic mass is 10.0. The zero-order chi connectivity index (χ0) is 36.2. The van der Waals surface area contributed by atoms with E-state index in [4.69, 9.17) is 52.1 Å². The van der Waals surface area contributed by atoms with Crippen LogP contribution in [0.2, 0.25) is 0 Å². The van der Waals surface area contributed by atoms with Crippen molar-refractivity contribution in [3.8, 4) is 0 Å². The summed E-state index contributed by atoms with van der Waals surface area (Å²) in [5, 5.41) is 64.0. The second kappa shape index (κ2) is 17.0. The zero-order valence-corrected chi connectivity index (χ0v) is 26.9. The third kappa shape index (κ3) is 9.78. The van der Waals surface area contributed by atoms with Gasteiger partial charge in [-0.3, -0.25) is 19.2 Å². The first kappa shape index (κ1) is 39.2. The van der Waals surface area contributed by atoms with Gasteiger partial charge in [0.15, 0.2) is 49.6 Å². The van der Waals surface area contributed by atoms with Crippen LogP contribution in [-0.2, 0) is 71.3 Å². The molecule has 0 saturated carbocycles. The van der Waals surface area contributed by atoms with E-state index in [0.717, 1.165) is 27.7 Å². The van der Waals surface area contributed by atoms with Gasteiger partial charge in [-0.15, -0.1) is 0 Å². The molecule has 16 atom stereocenters. The molecule has 4 heterocycles. The van der Waals surface area contributed by atoms with Crippen molar-refractivity contribution in [1.29, 1.82) is 0 Å². The number of carbonyl (C=O) groups is 4. The summed E-state index contributed by atoms with van der Waals surface area (Å²) in [4.78, 5) is 46.7. The summed E-state index contributed by atoms with van der Waals surface area (Å²) >= 11 is 0. The molecule has 4 fully saturated rings. The maximum atomic E-state index is 11.9. The standard InChI is InChI=1S/C28H42O21/c1-9(29)43-14-6-40-27(19(36)17(14)34)49-23-21(13(33)5-39-25(23)38)48-26-20(37)18(35)15(7-41-26)47-28-24(46-12(4)32)22(45-11(3)31)16(8-42-28)44-10(2)30/h13-28,33-38H,5-8H2,1-4H3/t13-,14+,15-,16+,17+,18+,19-,20-,21+,22+,23-,24-,25?,26+,27+,28+/m1/s1. The van der Waals surface area contributed by atoms with Gasteiger partial charge in [-0.05, 0) is 0 Å². The largest absolute Gasteiger partial charge is 0.457 e. The van der Waals surface area contributed by atoms with Crippen LogP contribution >= 0.6 is 0 Å². The number of hydrogen-bond acceptors (Lipinski definition) is 21. The molecule has 6 N–H and O–H groups in total. The van der Waals surface area contributed by atoms with E-state index in [1.54, 1.807) is 0 Å². The van der Waals surface area contributed by atoms with Crippen LogP contribution in [0.5, 0.6) is 0 Å². The number of rotatable bonds is 10. The van der Waals surface area contributed by atoms with Crippen molar-refractivity contribution in [2.24, 2.45) is 0 Å². The summed E-state index contributed by atoms with van der Waals surface area (Å²) in [7, 11) is 0. The van der Waals surface area contributed by atoms with Crippen LogP contribution in [0.15, 0.2) is 0 Å². The molecule has 4 aliphatic rings. The Morgan fingerprint density at radius 1 is 0.449 bits per heavy atom. The number of ether oxygens (including phenoxy) is 11. The van der Waals surface area contributed by atoms with E-state index in [1.807, 2.05) is 0 Å². The second-order valence-corrected chi connectivity index (χ2v) is 11.7. The average Bonchev–Trinajstić information content (AvgIpc) is 3.01. The summed E-state index contributed by atoms with van der Waals surface area (Å²) in [6, 6.07) is 0. The van der Waals surface area contributed by atoms with E-state index in [1.165, 1.54) is 0 Å². The van der Waals surface area contributed by atoms with Crippen molar-refractivity contribution < 1.29 is 102 Å². The quantitative estimate of drug-likeness (QED) is 0.0913. The Hall–Kier alpha value is -2.64. The second-order valence-electron chi connectivity index (χ2n) is 11.7. The van der Waals surface area contributed by atoms with Crippen molar-refractivity contribution in [2.75, 3.05) is 26.4 Å². The smallest absolute Gasteiger partial charge is 0.303 e. The number of aliphatic hydroxyl groups excluding tert-OH is 6. The molecule has 49 heavy (non-hydrogen) atoms. The predicted octanol–water partition coefficient (Wildman–Crippen LogP) is -4.91. The van der Waals surface area contributed by atoms with Gasteiger partial charge in [0.05, 0.1) is 26.4 Å². The van der Waals surface area contributed by atoms with E-state index in [0.29, 0.717) is 0 Å². The van der Waals surface area contributed by atoms with E-state index in [-0.39, 0.29) is 6.61 Å². The zero-order valence-electron chi connectivity index (χ0n) is 26.9. The molecule has 0 aromatic carbocycles. The van der Waals surface area contributed by atoms with Crippen LogP contribution < -0.4 is 0 Å². The lowest BCUT2D eigenvalue weighted by Gasteiger charge is -2.46. The minimum Gasteiger partial charge on any atom is -0.457 e. The lowest BCUT2D eigenvalue weighted by Crippen LogP contribution is -2.64. The molecular formula is C28H42O21. The summed E-state index contributed by atoms with van der Waals surface area (Å²) in [5.41, 5.74) is 0. The van der Waals surface area contributed by atoms with Crippen molar-refractivity contribution >= 4 is 23.9 Å². The summed E-state index contributed by atoms with van der Waals surface area (Å²) in [5.74, 6) is -3.11. The van der Waals surface area contributed by atoms with Crippen molar-refractivity contribution in [2.45, 2.75) is 126 Å². The number of aliphatic hydroxyl groups is 6. The van der Waals surface area contributed by atoms with Crippen molar-refractivity contribution in [3.63, 3.8) is 0 Å². The third-order valence-corrected chi connectivity index (χ3v) is 7.80. The van der Waals surface area contributed by atoms with Gasteiger partial charge in [0.25, 0.3) is 0 Å². The molecule has 1 unspecified atom stereocenters. The van der Waals surface area contributed by atoms with Crippen LogP contribution in [0.4, 0.5) is 0 Å². The SMILES string of the molecule is CC(=O)O[C@@H]1[C@@H](OC(C)=O)[C@H](O[C@@H]2CO[C@@H](O[C@H]3[C@H](O)COC(O)[C@@H]3O[C@@H]3OC[C@H](OC(C)=O)[C@H](O)[C@H]3O)[C@H](O)[C@H]2O)OC[C@@H]1OC(C)=O. The Kier molecular flexibility index (Phi) is 13.6. The molecule has 4 rings (SSSR count). The molecule has 21 nitrogen and oxygen atoms in total. The monoisotopic (exact) mass is 714 g/mol. The van der Waals surface area contributed by atoms with Crippen molar-refractivity contribution in [3.05, 3.63) is 0 Å². The third-order valence-electron chi connectivity index (χ3n) is 7.80. The highest BCUT2D eigenvalue weighted by Crippen LogP contribution is 2.32. The number of carbonyl (C=O) groups excluding carboxylic acids is 4. The summed E-state index contributed by atoms with van der Waals surface area (Å²) in [6.07, 6.45) is -25.0. The van der Waals surface area contributed by atoms with Gasteiger partial charge in [0, 0.05) is 27.7 Å². The predicted molar refractivity (Wildman–Crippen MR) is 148 cm³/mol. The van der Waals surface area contributed by atoms with Crippen LogP contribution in [0.3, 0.4) is 0 Å². The maximum Gasteiger partial charge on any atom is 0.303 e. The highest BCUT2D eigenvalue weighted by molar-refractivity contribution is 5.68. The van der Waals surface area contributed by atoms with Crippen LogP contribution in [0, 0.1) is 0 Å². The van der Waals surface area contributed by atoms with E-state index in [9.17, 15) is 49.8 Å². The molecular weight excluding hydrogens is 672 g/mol. The molecule has 0 aromatic heterocycles. The average molecular weight is 715 g/mol. The fourth-order valence-electron chi connectivity index (χ4n) is 5.60. The molecule has 280 valence electrons. The van der Waals surface area contributed by atoms with Crippen LogP contribution in [0.25, 0.3) is 0 Å². The Bertz CT molecular complexity index is 1150. The molecule has 4 saturated heterocycles. The first-order chi connectivity index (χ1) is 23.1. The molecule has 0 bridgehead atoms. The van der Waals surface area contributed by atoms with E-state index in [2.05, 4.69) is 0 Å². The first-order valence-corrected chi connectivity index (χ1v) is 15.3. The highest BCUT2D eigenvalue weighted by Gasteiger charge is 2.52. The van der Waals surface area contributed by atoms with Gasteiger partial charge >= 0.3 is 23.9 Å². The minimum atomic E-state index is -1.89. The molecule has 0 amide bonds. The fraction of sp³-hybridized carbons (Fsp3) is 0.857. The highest BCUT2D eigenvalue weighted by atomic mass is 16.8. The van der Waals surface area contributed by atoms with Gasteiger partial charge in [-0.2, -0.15) is 0 Å². The Balaban J connectivity index is 1.42. The topological polar surface area (TPSA) is 291 Å². The Morgan fingerprint density at radius 3 is 1.47 bits per heavy atom. The molecule has 0 aliphatic carbocycles. The van der Waals surface area contributed by atoms with Gasteiger partial charge in [0.1, 0.15) is 48.8 Å². The van der Waals surface area contributed by atoms with Gasteiger partial charge < -0.3 is 82.7 Å². The summed E-state index contributed by atoms with van der Waals surface area (Å²) in [6.45, 7) is 2.61. The molecule has 0 aromatic rings. The fourth-order valence-corrected chi connectivity index (χ4v) is 5.60. The minimum absolute atomic E-state index is 0.371. The van der Waals surface area contributed by atoms with Crippen LogP contribution in [-0.4, -0.2) is 179 Å². The number of hydrogen-bond donors (Lipinski definition) is 6. The van der Waals surface area contributed by atoms with Crippen molar-refractivity contribution in [1.82, 2.24) is 0 Å². The van der Waals surface area contributed by atoms with Gasteiger partial charge in [-0.1, -0.05) is 0 Å². The van der Waals surface area contributed by atoms with Crippen LogP contribution in [0.1, 0.15) is 27.7 Å².